The molecule has 0 N–H and O–H groups in total. The largest absolute Gasteiger partial charge is 0.496 e. The van der Waals surface area contributed by atoms with Crippen LogP contribution in [0, 0.1) is 0 Å². The fraction of sp³-hybridized carbons (Fsp3) is 0.250. The Kier molecular flexibility index (Phi) is 4.43. The van der Waals surface area contributed by atoms with Crippen LogP contribution in [0.3, 0.4) is 0 Å². The highest BCUT2D eigenvalue weighted by Crippen LogP contribution is 2.21. The molecule has 0 unspecified atom stereocenters. The summed E-state index contributed by atoms with van der Waals surface area (Å²) in [5.41, 5.74) is 1.59. The molecule has 0 aliphatic carbocycles. The number of hydrogen-bond acceptors (Lipinski definition) is 3. The highest BCUT2D eigenvalue weighted by Gasteiger charge is 2.04. The molecule has 0 aliphatic rings. The third kappa shape index (κ3) is 3.13. The third-order valence-electron chi connectivity index (χ3n) is 2.04. The SMILES string of the molecule is COc1ccc(C(C)=O)cc1C=CCS. The first-order valence-corrected chi connectivity index (χ1v) is 5.28. The molecule has 80 valence electrons. The summed E-state index contributed by atoms with van der Waals surface area (Å²) in [6, 6.07) is 5.38. The first-order valence-electron chi connectivity index (χ1n) is 4.65. The van der Waals surface area contributed by atoms with Crippen LogP contribution in [0.25, 0.3) is 6.08 Å². The topological polar surface area (TPSA) is 26.3 Å². The smallest absolute Gasteiger partial charge is 0.159 e. The second-order valence-corrected chi connectivity index (χ2v) is 3.46. The van der Waals surface area contributed by atoms with Gasteiger partial charge in [0.05, 0.1) is 7.11 Å². The Morgan fingerprint density at radius 1 is 1.53 bits per heavy atom. The average Bonchev–Trinajstić information content (AvgIpc) is 2.25. The standard InChI is InChI=1S/C12H14O2S/c1-9(13)10-5-6-12(14-2)11(8-10)4-3-7-15/h3-6,8,15H,7H2,1-2H3. The summed E-state index contributed by atoms with van der Waals surface area (Å²) in [7, 11) is 1.61. The first kappa shape index (κ1) is 11.9. The number of benzene rings is 1. The van der Waals surface area contributed by atoms with Crippen LogP contribution in [0.2, 0.25) is 0 Å². The first-order chi connectivity index (χ1) is 7.19. The van der Waals surface area contributed by atoms with Crippen LogP contribution in [-0.4, -0.2) is 18.6 Å². The van der Waals surface area contributed by atoms with Gasteiger partial charge in [-0.3, -0.25) is 4.79 Å². The maximum atomic E-state index is 11.2. The van der Waals surface area contributed by atoms with Crippen LogP contribution in [0.4, 0.5) is 0 Å². The Hall–Kier alpha value is -1.22. The zero-order valence-corrected chi connectivity index (χ0v) is 9.75. The van der Waals surface area contributed by atoms with E-state index in [-0.39, 0.29) is 5.78 Å². The molecule has 2 nitrogen and oxygen atoms in total. The molecular weight excluding hydrogens is 208 g/mol. The van der Waals surface area contributed by atoms with E-state index in [0.29, 0.717) is 11.3 Å². The van der Waals surface area contributed by atoms with Gasteiger partial charge in [-0.25, -0.2) is 0 Å². The van der Waals surface area contributed by atoms with Crippen LogP contribution >= 0.6 is 12.6 Å². The molecule has 0 heterocycles. The molecule has 3 heteroatoms. The van der Waals surface area contributed by atoms with E-state index in [1.165, 1.54) is 0 Å². The predicted molar refractivity (Wildman–Crippen MR) is 65.9 cm³/mol. The van der Waals surface area contributed by atoms with E-state index in [9.17, 15) is 4.79 Å². The minimum atomic E-state index is 0.0539. The number of ketones is 1. The van der Waals surface area contributed by atoms with Gasteiger partial charge in [-0.1, -0.05) is 12.2 Å². The zero-order valence-electron chi connectivity index (χ0n) is 8.86. The molecule has 0 radical (unpaired) electrons. The van der Waals surface area contributed by atoms with E-state index in [2.05, 4.69) is 12.6 Å². The van der Waals surface area contributed by atoms with E-state index < -0.39 is 0 Å². The predicted octanol–water partition coefficient (Wildman–Crippen LogP) is 2.84. The molecule has 0 aliphatic heterocycles. The number of rotatable bonds is 4. The third-order valence-corrected chi connectivity index (χ3v) is 2.25. The van der Waals surface area contributed by atoms with Crippen molar-refractivity contribution < 1.29 is 9.53 Å². The van der Waals surface area contributed by atoms with Gasteiger partial charge in [-0.15, -0.1) is 0 Å². The van der Waals surface area contributed by atoms with Crippen molar-refractivity contribution in [1.29, 1.82) is 0 Å². The molecule has 1 aromatic rings. The number of methoxy groups -OCH3 is 1. The zero-order chi connectivity index (χ0) is 11.3. The molecular formula is C12H14O2S. The van der Waals surface area contributed by atoms with Crippen LogP contribution in [0.5, 0.6) is 5.75 Å². The lowest BCUT2D eigenvalue weighted by Gasteiger charge is -2.06. The van der Waals surface area contributed by atoms with E-state index in [0.717, 1.165) is 11.3 Å². The molecule has 0 spiro atoms. The summed E-state index contributed by atoms with van der Waals surface area (Å²) < 4.78 is 5.19. The lowest BCUT2D eigenvalue weighted by molar-refractivity contribution is 0.101. The molecule has 0 saturated carbocycles. The van der Waals surface area contributed by atoms with Crippen LogP contribution in [0.15, 0.2) is 24.3 Å². The van der Waals surface area contributed by atoms with Gasteiger partial charge in [0, 0.05) is 16.9 Å². The summed E-state index contributed by atoms with van der Waals surface area (Å²) in [6.07, 6.45) is 3.81. The number of carbonyl (C=O) groups is 1. The van der Waals surface area contributed by atoms with Crippen molar-refractivity contribution >= 4 is 24.5 Å². The van der Waals surface area contributed by atoms with E-state index in [4.69, 9.17) is 4.74 Å². The molecule has 1 aromatic carbocycles. The lowest BCUT2D eigenvalue weighted by atomic mass is 10.1. The molecule has 0 amide bonds. The van der Waals surface area contributed by atoms with Gasteiger partial charge >= 0.3 is 0 Å². The average molecular weight is 222 g/mol. The van der Waals surface area contributed by atoms with Crippen molar-refractivity contribution in [2.45, 2.75) is 6.92 Å². The summed E-state index contributed by atoms with van der Waals surface area (Å²) >= 11 is 4.09. The minimum absolute atomic E-state index is 0.0539. The van der Waals surface area contributed by atoms with Gasteiger partial charge in [-0.2, -0.15) is 12.6 Å². The van der Waals surface area contributed by atoms with Crippen LogP contribution in [-0.2, 0) is 0 Å². The second kappa shape index (κ2) is 5.61. The Morgan fingerprint density at radius 3 is 2.80 bits per heavy atom. The number of Topliss-reactive ketones (excluding diaryl/α,β-unsaturated/α-hetero) is 1. The Morgan fingerprint density at radius 2 is 2.27 bits per heavy atom. The second-order valence-electron chi connectivity index (χ2n) is 3.10. The van der Waals surface area contributed by atoms with Crippen molar-refractivity contribution in [1.82, 2.24) is 0 Å². The summed E-state index contributed by atoms with van der Waals surface area (Å²) in [4.78, 5) is 11.2. The van der Waals surface area contributed by atoms with Crippen LogP contribution < -0.4 is 4.74 Å². The van der Waals surface area contributed by atoms with Gasteiger partial charge in [-0.05, 0) is 25.1 Å². The van der Waals surface area contributed by atoms with E-state index in [1.807, 2.05) is 18.2 Å². The van der Waals surface area contributed by atoms with Crippen LogP contribution in [0.1, 0.15) is 22.8 Å². The van der Waals surface area contributed by atoms with Gasteiger partial charge in [0.2, 0.25) is 0 Å². The van der Waals surface area contributed by atoms with Gasteiger partial charge in [0.15, 0.2) is 5.78 Å². The highest BCUT2D eigenvalue weighted by atomic mass is 32.1. The summed E-state index contributed by atoms with van der Waals surface area (Å²) in [5, 5.41) is 0. The molecule has 1 rings (SSSR count). The van der Waals surface area contributed by atoms with Crippen molar-refractivity contribution in [3.8, 4) is 5.75 Å². The van der Waals surface area contributed by atoms with Crippen molar-refractivity contribution in [2.75, 3.05) is 12.9 Å². The van der Waals surface area contributed by atoms with Gasteiger partial charge in [0.1, 0.15) is 5.75 Å². The highest BCUT2D eigenvalue weighted by molar-refractivity contribution is 7.80. The Balaban J connectivity index is 3.13. The molecule has 0 saturated heterocycles. The quantitative estimate of drug-likeness (QED) is 0.626. The number of ether oxygens (including phenoxy) is 1. The number of hydrogen-bond donors (Lipinski definition) is 1. The monoisotopic (exact) mass is 222 g/mol. The Bertz CT molecular complexity index is 383. The fourth-order valence-corrected chi connectivity index (χ4v) is 1.37. The molecule has 0 bridgehead atoms. The molecule has 0 aromatic heterocycles. The molecule has 0 fully saturated rings. The minimum Gasteiger partial charge on any atom is -0.496 e. The van der Waals surface area contributed by atoms with Gasteiger partial charge < -0.3 is 4.74 Å². The summed E-state index contributed by atoms with van der Waals surface area (Å²) in [6.45, 7) is 1.55. The van der Waals surface area contributed by atoms with Gasteiger partial charge in [0.25, 0.3) is 0 Å². The maximum Gasteiger partial charge on any atom is 0.159 e. The maximum absolute atomic E-state index is 11.2. The fourth-order valence-electron chi connectivity index (χ4n) is 1.26. The lowest BCUT2D eigenvalue weighted by Crippen LogP contribution is -1.94. The number of carbonyl (C=O) groups excluding carboxylic acids is 1. The van der Waals surface area contributed by atoms with E-state index in [1.54, 1.807) is 26.2 Å². The summed E-state index contributed by atoms with van der Waals surface area (Å²) in [5.74, 6) is 1.48. The van der Waals surface area contributed by atoms with E-state index >= 15 is 0 Å². The van der Waals surface area contributed by atoms with Crippen molar-refractivity contribution in [2.24, 2.45) is 0 Å². The van der Waals surface area contributed by atoms with Crippen molar-refractivity contribution in [3.05, 3.63) is 35.4 Å². The molecule has 0 atom stereocenters. The number of thiol groups is 1. The molecule has 15 heavy (non-hydrogen) atoms. The normalized spacial score (nSPS) is 10.6. The van der Waals surface area contributed by atoms with Crippen molar-refractivity contribution in [3.63, 3.8) is 0 Å². The Labute approximate surface area is 95.4 Å².